The van der Waals surface area contributed by atoms with E-state index < -0.39 is 23.6 Å². The molecule has 0 aliphatic rings. The Balaban J connectivity index is 1.67. The number of rotatable bonds is 5. The fraction of sp³-hybridized carbons (Fsp3) is 0. The van der Waals surface area contributed by atoms with E-state index in [0.717, 1.165) is 12.1 Å². The van der Waals surface area contributed by atoms with Crippen LogP contribution in [-0.2, 0) is 9.59 Å². The van der Waals surface area contributed by atoms with Gasteiger partial charge in [0.2, 0.25) is 0 Å². The first-order chi connectivity index (χ1) is 15.3. The monoisotopic (exact) mass is 517 g/mol. The van der Waals surface area contributed by atoms with Gasteiger partial charge < -0.3 is 10.1 Å². The zero-order chi connectivity index (χ0) is 23.1. The molecule has 7 nitrogen and oxygen atoms in total. The third kappa shape index (κ3) is 6.22. The van der Waals surface area contributed by atoms with Gasteiger partial charge in [-0.25, -0.2) is 14.6 Å². The van der Waals surface area contributed by atoms with Crippen LogP contribution in [0.15, 0.2) is 76.3 Å². The lowest BCUT2D eigenvalue weighted by molar-refractivity contribution is -0.136. The minimum Gasteiger partial charge on any atom is -0.422 e. The largest absolute Gasteiger partial charge is 0.422 e. The average molecular weight is 519 g/mol. The van der Waals surface area contributed by atoms with Crippen LogP contribution in [0.3, 0.4) is 0 Å². The molecule has 3 rings (SSSR count). The van der Waals surface area contributed by atoms with Gasteiger partial charge >= 0.3 is 17.8 Å². The first kappa shape index (κ1) is 23.1. The van der Waals surface area contributed by atoms with E-state index in [9.17, 15) is 18.8 Å². The van der Waals surface area contributed by atoms with Crippen molar-refractivity contribution < 1.29 is 23.5 Å². The second kappa shape index (κ2) is 10.7. The number of carbonyl (C=O) groups excluding carboxylic acids is 3. The van der Waals surface area contributed by atoms with Crippen LogP contribution in [0.25, 0.3) is 0 Å². The van der Waals surface area contributed by atoms with E-state index in [4.69, 9.17) is 16.3 Å². The number of hydrogen-bond acceptors (Lipinski definition) is 5. The number of esters is 1. The van der Waals surface area contributed by atoms with Crippen LogP contribution in [0, 0.1) is 5.82 Å². The highest BCUT2D eigenvalue weighted by molar-refractivity contribution is 9.10. The first-order valence-corrected chi connectivity index (χ1v) is 10.2. The Kier molecular flexibility index (Phi) is 7.69. The summed E-state index contributed by atoms with van der Waals surface area (Å²) in [5.41, 5.74) is 2.85. The lowest BCUT2D eigenvalue weighted by Gasteiger charge is -2.09. The number of nitrogens with zero attached hydrogens (tertiary/aromatic N) is 1. The molecule has 3 aromatic rings. The molecule has 2 amide bonds. The minimum absolute atomic E-state index is 0.159. The van der Waals surface area contributed by atoms with Gasteiger partial charge in [-0.15, -0.1) is 0 Å². The van der Waals surface area contributed by atoms with Gasteiger partial charge in [0.05, 0.1) is 16.8 Å². The van der Waals surface area contributed by atoms with E-state index in [1.165, 1.54) is 30.5 Å². The number of benzene rings is 3. The summed E-state index contributed by atoms with van der Waals surface area (Å²) in [6, 6.07) is 16.1. The molecule has 0 saturated heterocycles. The maximum absolute atomic E-state index is 12.9. The number of hydrazone groups is 1. The van der Waals surface area contributed by atoms with Crippen molar-refractivity contribution in [3.8, 4) is 5.75 Å². The molecule has 10 heteroatoms. The van der Waals surface area contributed by atoms with Gasteiger partial charge in [-0.05, 0) is 54.6 Å². The van der Waals surface area contributed by atoms with Crippen LogP contribution in [0.4, 0.5) is 10.1 Å². The molecule has 2 N–H and O–H groups in total. The smallest absolute Gasteiger partial charge is 0.345 e. The van der Waals surface area contributed by atoms with Crippen molar-refractivity contribution in [2.45, 2.75) is 0 Å². The van der Waals surface area contributed by atoms with E-state index in [1.807, 2.05) is 0 Å². The molecule has 162 valence electrons. The molecule has 0 atom stereocenters. The van der Waals surface area contributed by atoms with Gasteiger partial charge in [-0.3, -0.25) is 9.59 Å². The van der Waals surface area contributed by atoms with Crippen molar-refractivity contribution in [2.75, 3.05) is 5.32 Å². The molecular weight excluding hydrogens is 505 g/mol. The lowest BCUT2D eigenvalue weighted by Crippen LogP contribution is -2.32. The van der Waals surface area contributed by atoms with Crippen LogP contribution in [0.1, 0.15) is 15.9 Å². The van der Waals surface area contributed by atoms with Crippen LogP contribution in [0.5, 0.6) is 5.75 Å². The molecule has 32 heavy (non-hydrogen) atoms. The number of halogens is 3. The zero-order valence-electron chi connectivity index (χ0n) is 16.1. The molecule has 3 aromatic carbocycles. The van der Waals surface area contributed by atoms with E-state index in [2.05, 4.69) is 31.8 Å². The molecule has 0 heterocycles. The Morgan fingerprint density at radius 3 is 2.44 bits per heavy atom. The summed E-state index contributed by atoms with van der Waals surface area (Å²) in [4.78, 5) is 36.3. The van der Waals surface area contributed by atoms with Crippen molar-refractivity contribution >= 4 is 57.2 Å². The molecule has 0 aliphatic carbocycles. The maximum Gasteiger partial charge on any atom is 0.345 e. The summed E-state index contributed by atoms with van der Waals surface area (Å²) < 4.78 is 19.0. The number of hydrogen-bond donors (Lipinski definition) is 2. The fourth-order valence-electron chi connectivity index (χ4n) is 2.43. The normalized spacial score (nSPS) is 10.6. The predicted octanol–water partition coefficient (Wildman–Crippen LogP) is 4.55. The summed E-state index contributed by atoms with van der Waals surface area (Å²) in [5.74, 6) is -3.03. The number of ether oxygens (including phenoxy) is 1. The minimum atomic E-state index is -1.05. The first-order valence-electron chi connectivity index (χ1n) is 8.99. The zero-order valence-corrected chi connectivity index (χ0v) is 18.5. The van der Waals surface area contributed by atoms with Crippen molar-refractivity contribution in [1.29, 1.82) is 0 Å². The lowest BCUT2D eigenvalue weighted by atomic mass is 10.2. The summed E-state index contributed by atoms with van der Waals surface area (Å²) in [5, 5.41) is 6.28. The van der Waals surface area contributed by atoms with Crippen molar-refractivity contribution in [2.24, 2.45) is 5.10 Å². The van der Waals surface area contributed by atoms with Gasteiger partial charge in [0.15, 0.2) is 0 Å². The molecule has 0 fully saturated rings. The number of nitrogens with one attached hydrogen (secondary N) is 2. The highest BCUT2D eigenvalue weighted by atomic mass is 79.9. The Bertz CT molecular complexity index is 1200. The summed E-state index contributed by atoms with van der Waals surface area (Å²) in [6.45, 7) is 0. The van der Waals surface area contributed by atoms with Gasteiger partial charge in [-0.2, -0.15) is 5.10 Å². The second-order valence-corrected chi connectivity index (χ2v) is 7.53. The number of anilines is 1. The van der Waals surface area contributed by atoms with Crippen molar-refractivity contribution in [3.63, 3.8) is 0 Å². The van der Waals surface area contributed by atoms with Gasteiger partial charge in [0.25, 0.3) is 0 Å². The van der Waals surface area contributed by atoms with Crippen LogP contribution >= 0.6 is 27.5 Å². The Labute approximate surface area is 195 Å². The molecule has 0 saturated carbocycles. The molecule has 0 unspecified atom stereocenters. The fourth-order valence-corrected chi connectivity index (χ4v) is 3.02. The Morgan fingerprint density at radius 2 is 1.72 bits per heavy atom. The van der Waals surface area contributed by atoms with Gasteiger partial charge in [0.1, 0.15) is 11.6 Å². The van der Waals surface area contributed by atoms with E-state index >= 15 is 0 Å². The summed E-state index contributed by atoms with van der Waals surface area (Å²) in [6.07, 6.45) is 1.21. The van der Waals surface area contributed by atoms with Gasteiger partial charge in [0, 0.05) is 15.7 Å². The molecular formula is C22H14BrClFN3O4. The van der Waals surface area contributed by atoms with Crippen molar-refractivity contribution in [3.05, 3.63) is 93.2 Å². The highest BCUT2D eigenvalue weighted by Crippen LogP contribution is 2.24. The quantitative estimate of drug-likeness (QED) is 0.170. The standard InChI is InChI=1S/C22H14BrClFN3O4/c23-14-5-10-19(32-22(31)17-3-1-2-4-18(17)24)13(11-14)12-26-28-21(30)20(29)27-16-8-6-15(25)7-9-16/h1-12H,(H,27,29)(H,28,30)/b26-12+. The Hall–Kier alpha value is -3.56. The summed E-state index contributed by atoms with van der Waals surface area (Å²) in [7, 11) is 0. The average Bonchev–Trinajstić information content (AvgIpc) is 2.77. The predicted molar refractivity (Wildman–Crippen MR) is 121 cm³/mol. The molecule has 0 aromatic heterocycles. The third-order valence-electron chi connectivity index (χ3n) is 3.95. The molecule has 0 radical (unpaired) electrons. The maximum atomic E-state index is 12.9. The van der Waals surface area contributed by atoms with E-state index in [0.29, 0.717) is 10.0 Å². The highest BCUT2D eigenvalue weighted by Gasteiger charge is 2.15. The van der Waals surface area contributed by atoms with E-state index in [-0.39, 0.29) is 22.0 Å². The number of amides is 2. The molecule has 0 spiro atoms. The van der Waals surface area contributed by atoms with Gasteiger partial charge in [-0.1, -0.05) is 39.7 Å². The van der Waals surface area contributed by atoms with Crippen LogP contribution in [0.2, 0.25) is 5.02 Å². The molecule has 0 aliphatic heterocycles. The Morgan fingerprint density at radius 1 is 1.00 bits per heavy atom. The third-order valence-corrected chi connectivity index (χ3v) is 4.77. The summed E-state index contributed by atoms with van der Waals surface area (Å²) >= 11 is 9.33. The number of carbonyl (C=O) groups is 3. The van der Waals surface area contributed by atoms with E-state index in [1.54, 1.807) is 30.3 Å². The topological polar surface area (TPSA) is 96.9 Å². The van der Waals surface area contributed by atoms with Crippen molar-refractivity contribution in [1.82, 2.24) is 5.43 Å². The SMILES string of the molecule is O=C(N/N=C/c1cc(Br)ccc1OC(=O)c1ccccc1Cl)C(=O)Nc1ccc(F)cc1. The van der Waals surface area contributed by atoms with Crippen LogP contribution < -0.4 is 15.5 Å². The molecule has 0 bridgehead atoms. The van der Waals surface area contributed by atoms with Crippen LogP contribution in [-0.4, -0.2) is 24.0 Å². The second-order valence-electron chi connectivity index (χ2n) is 6.21.